The average molecular weight is 799 g/mol. The molecule has 0 unspecified atom stereocenters. The van der Waals surface area contributed by atoms with Gasteiger partial charge in [-0.2, -0.15) is 0 Å². The van der Waals surface area contributed by atoms with Crippen LogP contribution in [0.25, 0.3) is 127 Å². The van der Waals surface area contributed by atoms with Crippen LogP contribution < -0.4 is 5.32 Å². The molecule has 2 heterocycles. The van der Waals surface area contributed by atoms with Crippen molar-refractivity contribution in [3.63, 3.8) is 0 Å². The molecule has 1 aliphatic carbocycles. The van der Waals surface area contributed by atoms with Gasteiger partial charge in [0.15, 0.2) is 0 Å². The van der Waals surface area contributed by atoms with Crippen molar-refractivity contribution >= 4 is 59.7 Å². The third-order valence-corrected chi connectivity index (χ3v) is 14.0. The summed E-state index contributed by atoms with van der Waals surface area (Å²) in [6.45, 7) is 0.807. The summed E-state index contributed by atoms with van der Waals surface area (Å²) < 4.78 is 2.46. The molecule has 0 bridgehead atoms. The largest absolute Gasteiger partial charge is 0.380 e. The maximum absolute atomic E-state index is 3.68. The summed E-state index contributed by atoms with van der Waals surface area (Å²) in [5, 5.41) is 15.2. The lowest BCUT2D eigenvalue weighted by atomic mass is 9.81. The van der Waals surface area contributed by atoms with Crippen molar-refractivity contribution in [3.8, 4) is 72.6 Å². The molecule has 0 spiro atoms. The maximum Gasteiger partial charge on any atom is 0.0611 e. The smallest absolute Gasteiger partial charge is 0.0611 e. The van der Waals surface area contributed by atoms with Gasteiger partial charge in [-0.1, -0.05) is 188 Å². The monoisotopic (exact) mass is 798 g/mol. The van der Waals surface area contributed by atoms with Crippen LogP contribution in [0.3, 0.4) is 0 Å². The van der Waals surface area contributed by atoms with E-state index in [-0.39, 0.29) is 0 Å². The van der Waals surface area contributed by atoms with Crippen LogP contribution in [0.15, 0.2) is 212 Å². The second kappa shape index (κ2) is 13.1. The van der Waals surface area contributed by atoms with Crippen molar-refractivity contribution < 1.29 is 0 Å². The zero-order valence-corrected chi connectivity index (χ0v) is 34.4. The third-order valence-electron chi connectivity index (χ3n) is 14.0. The fourth-order valence-electron chi connectivity index (χ4n) is 11.4. The number of anilines is 1. The Balaban J connectivity index is 1.02. The molecule has 1 aliphatic heterocycles. The normalized spacial score (nSPS) is 12.5. The van der Waals surface area contributed by atoms with E-state index < -0.39 is 0 Å². The minimum Gasteiger partial charge on any atom is -0.380 e. The summed E-state index contributed by atoms with van der Waals surface area (Å²) in [6, 6.07) is 79.0. The molecule has 63 heavy (non-hydrogen) atoms. The fraction of sp³-hybridized carbons (Fsp3) is 0.0164. The maximum atomic E-state index is 3.68. The Morgan fingerprint density at radius 1 is 0.333 bits per heavy atom. The number of nitrogens with zero attached hydrogens (tertiary/aromatic N) is 1. The Hall–Kier alpha value is -8.20. The fourth-order valence-corrected chi connectivity index (χ4v) is 11.4. The highest BCUT2D eigenvalue weighted by Crippen LogP contribution is 2.59. The van der Waals surface area contributed by atoms with Crippen LogP contribution in [0, 0.1) is 0 Å². The van der Waals surface area contributed by atoms with Crippen LogP contribution in [0.5, 0.6) is 0 Å². The lowest BCUT2D eigenvalue weighted by Crippen LogP contribution is -2.09. The van der Waals surface area contributed by atoms with Crippen molar-refractivity contribution in [1.82, 2.24) is 4.57 Å². The van der Waals surface area contributed by atoms with E-state index in [1.54, 1.807) is 0 Å². The molecule has 0 fully saturated rings. The molecule has 1 N–H and O–H groups in total. The minimum absolute atomic E-state index is 0.807. The standard InChI is InChI=1S/C61H38N2/c1-3-18-41-37(14-1)16-11-24-46(41)57-48-21-5-6-22-49(48)58(47-25-12-17-38-15-2-4-19-42(38)47)60-52-35-34-43(45-26-13-27-51(56(45)52)59(57)60)39-30-32-40(33-31-39)63-55-29-10-8-20-44(55)53-36-62-54-28-9-7-23-50(54)61(53)63/h1-35,62H,36H2. The predicted octanol–water partition coefficient (Wildman–Crippen LogP) is 16.5. The number of hydrogen-bond donors (Lipinski definition) is 1. The molecule has 0 radical (unpaired) electrons. The Labute approximate surface area is 365 Å². The lowest BCUT2D eigenvalue weighted by molar-refractivity contribution is 1.07. The first-order valence-electron chi connectivity index (χ1n) is 22.0. The van der Waals surface area contributed by atoms with Gasteiger partial charge in [-0.05, 0) is 123 Å². The molecular formula is C61H38N2. The summed E-state index contributed by atoms with van der Waals surface area (Å²) in [7, 11) is 0. The average Bonchev–Trinajstić information content (AvgIpc) is 3.87. The van der Waals surface area contributed by atoms with Gasteiger partial charge in [-0.25, -0.2) is 0 Å². The van der Waals surface area contributed by atoms with Crippen LogP contribution in [0.1, 0.15) is 5.56 Å². The second-order valence-electron chi connectivity index (χ2n) is 17.1. The van der Waals surface area contributed by atoms with Gasteiger partial charge in [-0.15, -0.1) is 0 Å². The molecular weight excluding hydrogens is 761 g/mol. The Morgan fingerprint density at radius 2 is 0.825 bits per heavy atom. The third kappa shape index (κ3) is 4.83. The number of fused-ring (bicyclic) bond motifs is 11. The molecule has 12 aromatic rings. The lowest BCUT2D eigenvalue weighted by Gasteiger charge is -2.22. The summed E-state index contributed by atoms with van der Waals surface area (Å²) >= 11 is 0. The summed E-state index contributed by atoms with van der Waals surface area (Å²) in [5.41, 5.74) is 20.3. The zero-order chi connectivity index (χ0) is 41.2. The summed E-state index contributed by atoms with van der Waals surface area (Å²) in [6.07, 6.45) is 0. The molecule has 0 atom stereocenters. The van der Waals surface area contributed by atoms with Crippen molar-refractivity contribution in [2.45, 2.75) is 6.54 Å². The highest BCUT2D eigenvalue weighted by Gasteiger charge is 2.32. The first-order valence-corrected chi connectivity index (χ1v) is 22.0. The van der Waals surface area contributed by atoms with E-state index in [1.807, 2.05) is 0 Å². The van der Waals surface area contributed by atoms with E-state index in [0.29, 0.717) is 0 Å². The van der Waals surface area contributed by atoms with Crippen molar-refractivity contribution in [1.29, 1.82) is 0 Å². The number of rotatable bonds is 4. The van der Waals surface area contributed by atoms with E-state index in [1.165, 1.54) is 132 Å². The van der Waals surface area contributed by atoms with Gasteiger partial charge >= 0.3 is 0 Å². The van der Waals surface area contributed by atoms with Crippen molar-refractivity contribution in [2.24, 2.45) is 0 Å². The van der Waals surface area contributed by atoms with Gasteiger partial charge in [0.05, 0.1) is 11.2 Å². The molecule has 2 heteroatoms. The molecule has 292 valence electrons. The van der Waals surface area contributed by atoms with E-state index in [2.05, 4.69) is 222 Å². The van der Waals surface area contributed by atoms with Crippen molar-refractivity contribution in [3.05, 3.63) is 218 Å². The topological polar surface area (TPSA) is 17.0 Å². The highest BCUT2D eigenvalue weighted by molar-refractivity contribution is 6.30. The Bertz CT molecular complexity index is 3760. The SMILES string of the molecule is c1ccc2c(c1)NCc1c-2n(-c2ccc(-c3ccc4c5c(cccc35)-c3c-4c(-c4cccc5ccccc45)c4ccccc4c3-c3cccc4ccccc34)cc2)c2ccccc12. The van der Waals surface area contributed by atoms with Gasteiger partial charge < -0.3 is 9.88 Å². The molecule has 1 aromatic heterocycles. The van der Waals surface area contributed by atoms with Crippen LogP contribution >= 0.6 is 0 Å². The van der Waals surface area contributed by atoms with E-state index >= 15 is 0 Å². The summed E-state index contributed by atoms with van der Waals surface area (Å²) in [4.78, 5) is 0. The van der Waals surface area contributed by atoms with Gasteiger partial charge in [-0.3, -0.25) is 0 Å². The van der Waals surface area contributed by atoms with Crippen LogP contribution in [0.4, 0.5) is 5.69 Å². The minimum atomic E-state index is 0.807. The molecule has 0 amide bonds. The van der Waals surface area contributed by atoms with E-state index in [0.717, 1.165) is 12.2 Å². The van der Waals surface area contributed by atoms with E-state index in [4.69, 9.17) is 0 Å². The first kappa shape index (κ1) is 34.5. The van der Waals surface area contributed by atoms with Crippen LogP contribution in [0.2, 0.25) is 0 Å². The highest BCUT2D eigenvalue weighted by atomic mass is 15.0. The number of aromatic nitrogens is 1. The quantitative estimate of drug-likeness (QED) is 0.188. The molecule has 14 rings (SSSR count). The van der Waals surface area contributed by atoms with Gasteiger partial charge in [0.1, 0.15) is 0 Å². The molecule has 0 saturated heterocycles. The number of nitrogens with one attached hydrogen (secondary N) is 1. The number of hydrogen-bond acceptors (Lipinski definition) is 1. The van der Waals surface area contributed by atoms with E-state index in [9.17, 15) is 0 Å². The second-order valence-corrected chi connectivity index (χ2v) is 17.1. The van der Waals surface area contributed by atoms with Gasteiger partial charge in [0, 0.05) is 34.4 Å². The zero-order valence-electron chi connectivity index (χ0n) is 34.4. The number of para-hydroxylation sites is 2. The van der Waals surface area contributed by atoms with Crippen LogP contribution in [-0.4, -0.2) is 4.57 Å². The van der Waals surface area contributed by atoms with Crippen molar-refractivity contribution in [2.75, 3.05) is 5.32 Å². The molecule has 2 nitrogen and oxygen atoms in total. The number of benzene rings is 11. The Morgan fingerprint density at radius 3 is 1.52 bits per heavy atom. The van der Waals surface area contributed by atoms with Crippen LogP contribution in [-0.2, 0) is 6.54 Å². The molecule has 0 saturated carbocycles. The van der Waals surface area contributed by atoms with Gasteiger partial charge in [0.25, 0.3) is 0 Å². The predicted molar refractivity (Wildman–Crippen MR) is 267 cm³/mol. The molecule has 11 aromatic carbocycles. The summed E-state index contributed by atoms with van der Waals surface area (Å²) in [5.74, 6) is 0. The molecule has 2 aliphatic rings. The van der Waals surface area contributed by atoms with Gasteiger partial charge in [0.2, 0.25) is 0 Å². The first-order chi connectivity index (χ1) is 31.3. The Kier molecular flexibility index (Phi) is 7.20.